The molecule has 0 spiro atoms. The number of hydrogen-bond acceptors (Lipinski definition) is 8. The number of halogens is 3. The minimum absolute atomic E-state index is 0.0156. The highest BCUT2D eigenvalue weighted by molar-refractivity contribution is 7.99. The zero-order chi connectivity index (χ0) is 27.4. The molecule has 0 saturated carbocycles. The average Bonchev–Trinajstić information content (AvgIpc) is 3.40. The highest BCUT2D eigenvalue weighted by Crippen LogP contribution is 2.40. The maximum atomic E-state index is 12.9. The molecular weight excluding hydrogens is 541 g/mol. The molecular formula is C25H27F3N4O4S2. The number of carbonyl (C=O) groups is 2. The summed E-state index contributed by atoms with van der Waals surface area (Å²) in [7, 11) is 1.68. The standard InChI is InChI=1S/C25H27F3N4O4S2/c1-4-35-23(34)21-17-9-8-14(2)10-18(17)38-22(21)29-20(33)13-37-24-31-30-19(32(24)3)12-36-16-7-5-6-15(11-16)25(26,27)28/h5-7,11,14H,4,8-10,12-13H2,1-3H3,(H,29,33). The molecule has 38 heavy (non-hydrogen) atoms. The molecule has 8 nitrogen and oxygen atoms in total. The number of esters is 1. The fourth-order valence-corrected chi connectivity index (χ4v) is 6.20. The average molecular weight is 569 g/mol. The van der Waals surface area contributed by atoms with E-state index in [4.69, 9.17) is 9.47 Å². The Bertz CT molecular complexity index is 1320. The molecule has 1 aliphatic rings. The van der Waals surface area contributed by atoms with E-state index in [0.29, 0.717) is 27.5 Å². The first kappa shape index (κ1) is 28.0. The van der Waals surface area contributed by atoms with Gasteiger partial charge in [-0.15, -0.1) is 21.5 Å². The second kappa shape index (κ2) is 11.8. The second-order valence-electron chi connectivity index (χ2n) is 8.89. The quantitative estimate of drug-likeness (QED) is 0.269. The van der Waals surface area contributed by atoms with Gasteiger partial charge >= 0.3 is 12.1 Å². The molecule has 1 aromatic carbocycles. The Labute approximate surface area is 225 Å². The number of carbonyl (C=O) groups excluding carboxylic acids is 2. The number of hydrogen-bond donors (Lipinski definition) is 1. The van der Waals surface area contributed by atoms with E-state index in [1.807, 2.05) is 0 Å². The first-order valence-electron chi connectivity index (χ1n) is 12.0. The number of aromatic nitrogens is 3. The van der Waals surface area contributed by atoms with Gasteiger partial charge in [0.1, 0.15) is 17.4 Å². The van der Waals surface area contributed by atoms with Gasteiger partial charge in [-0.25, -0.2) is 4.79 Å². The van der Waals surface area contributed by atoms with Gasteiger partial charge in [-0.1, -0.05) is 24.8 Å². The number of nitrogens with one attached hydrogen (secondary N) is 1. The van der Waals surface area contributed by atoms with Gasteiger partial charge in [-0.3, -0.25) is 4.79 Å². The third-order valence-electron chi connectivity index (χ3n) is 6.03. The number of nitrogens with zero attached hydrogens (tertiary/aromatic N) is 3. The third kappa shape index (κ3) is 6.49. The molecule has 1 amide bonds. The summed E-state index contributed by atoms with van der Waals surface area (Å²) in [6.07, 6.45) is -1.85. The van der Waals surface area contributed by atoms with Gasteiger partial charge in [0.05, 0.1) is 23.5 Å². The van der Waals surface area contributed by atoms with Crippen molar-refractivity contribution in [3.05, 3.63) is 51.7 Å². The Morgan fingerprint density at radius 2 is 2.08 bits per heavy atom. The topological polar surface area (TPSA) is 95.3 Å². The molecule has 3 aromatic rings. The maximum absolute atomic E-state index is 12.9. The summed E-state index contributed by atoms with van der Waals surface area (Å²) in [6, 6.07) is 4.59. The van der Waals surface area contributed by atoms with Crippen LogP contribution in [0.4, 0.5) is 18.2 Å². The molecule has 204 valence electrons. The molecule has 0 saturated heterocycles. The normalized spacial score (nSPS) is 15.2. The molecule has 0 fully saturated rings. The summed E-state index contributed by atoms with van der Waals surface area (Å²) in [5.74, 6) is 0.231. The highest BCUT2D eigenvalue weighted by atomic mass is 32.2. The minimum Gasteiger partial charge on any atom is -0.486 e. The van der Waals surface area contributed by atoms with Crippen LogP contribution in [0.15, 0.2) is 29.4 Å². The smallest absolute Gasteiger partial charge is 0.416 e. The number of fused-ring (bicyclic) bond motifs is 1. The molecule has 0 radical (unpaired) electrons. The van der Waals surface area contributed by atoms with E-state index in [1.165, 1.54) is 23.5 Å². The van der Waals surface area contributed by atoms with E-state index in [1.54, 1.807) is 18.5 Å². The van der Waals surface area contributed by atoms with Crippen molar-refractivity contribution in [3.63, 3.8) is 0 Å². The zero-order valence-electron chi connectivity index (χ0n) is 21.1. The Morgan fingerprint density at radius 1 is 1.29 bits per heavy atom. The summed E-state index contributed by atoms with van der Waals surface area (Å²) < 4.78 is 51.1. The Balaban J connectivity index is 1.38. The van der Waals surface area contributed by atoms with E-state index < -0.39 is 17.7 Å². The van der Waals surface area contributed by atoms with Crippen LogP contribution < -0.4 is 10.1 Å². The Kier molecular flexibility index (Phi) is 8.66. The van der Waals surface area contributed by atoms with E-state index in [-0.39, 0.29) is 30.6 Å². The number of thioether (sulfide) groups is 1. The van der Waals surface area contributed by atoms with Crippen molar-refractivity contribution in [2.75, 3.05) is 17.7 Å². The molecule has 1 N–H and O–H groups in total. The number of rotatable bonds is 9. The van der Waals surface area contributed by atoms with Crippen LogP contribution in [0.25, 0.3) is 0 Å². The van der Waals surface area contributed by atoms with Crippen molar-refractivity contribution in [2.45, 2.75) is 51.0 Å². The van der Waals surface area contributed by atoms with Crippen LogP contribution in [0.1, 0.15) is 52.5 Å². The predicted molar refractivity (Wildman–Crippen MR) is 138 cm³/mol. The number of benzene rings is 1. The lowest BCUT2D eigenvalue weighted by Gasteiger charge is -2.18. The molecule has 0 bridgehead atoms. The van der Waals surface area contributed by atoms with Gasteiger partial charge in [0.25, 0.3) is 0 Å². The Morgan fingerprint density at radius 3 is 2.82 bits per heavy atom. The van der Waals surface area contributed by atoms with Gasteiger partial charge in [-0.05, 0) is 55.9 Å². The van der Waals surface area contributed by atoms with Crippen molar-refractivity contribution in [3.8, 4) is 5.75 Å². The number of alkyl halides is 3. The molecule has 4 rings (SSSR count). The number of thiophene rings is 1. The molecule has 13 heteroatoms. The highest BCUT2D eigenvalue weighted by Gasteiger charge is 2.31. The molecule has 2 aromatic heterocycles. The van der Waals surface area contributed by atoms with E-state index in [2.05, 4.69) is 22.4 Å². The van der Waals surface area contributed by atoms with Gasteiger partial charge in [0.15, 0.2) is 11.0 Å². The number of ether oxygens (including phenoxy) is 2. The van der Waals surface area contributed by atoms with E-state index >= 15 is 0 Å². The number of anilines is 1. The van der Waals surface area contributed by atoms with E-state index in [9.17, 15) is 22.8 Å². The largest absolute Gasteiger partial charge is 0.486 e. The van der Waals surface area contributed by atoms with Gasteiger partial charge in [0.2, 0.25) is 5.91 Å². The first-order chi connectivity index (χ1) is 18.1. The Hall–Kier alpha value is -3.06. The summed E-state index contributed by atoms with van der Waals surface area (Å²) >= 11 is 2.57. The number of amides is 1. The summed E-state index contributed by atoms with van der Waals surface area (Å²) in [6.45, 7) is 4.06. The predicted octanol–water partition coefficient (Wildman–Crippen LogP) is 5.51. The van der Waals surface area contributed by atoms with Crippen LogP contribution in [0, 0.1) is 5.92 Å². The lowest BCUT2D eigenvalue weighted by Crippen LogP contribution is -2.18. The van der Waals surface area contributed by atoms with Gasteiger partial charge < -0.3 is 19.4 Å². The van der Waals surface area contributed by atoms with Gasteiger partial charge in [0, 0.05) is 11.9 Å². The van der Waals surface area contributed by atoms with Crippen molar-refractivity contribution in [1.82, 2.24) is 14.8 Å². The van der Waals surface area contributed by atoms with Gasteiger partial charge in [-0.2, -0.15) is 13.2 Å². The van der Waals surface area contributed by atoms with Crippen molar-refractivity contribution < 1.29 is 32.2 Å². The third-order valence-corrected chi connectivity index (χ3v) is 8.22. The molecule has 1 atom stereocenters. The van der Waals surface area contributed by atoms with Crippen LogP contribution in [-0.4, -0.2) is 39.0 Å². The van der Waals surface area contributed by atoms with Crippen LogP contribution >= 0.6 is 23.1 Å². The van der Waals surface area contributed by atoms with E-state index in [0.717, 1.165) is 53.6 Å². The minimum atomic E-state index is -4.47. The molecule has 0 aliphatic heterocycles. The van der Waals surface area contributed by atoms with Crippen LogP contribution in [0.5, 0.6) is 5.75 Å². The maximum Gasteiger partial charge on any atom is 0.416 e. The summed E-state index contributed by atoms with van der Waals surface area (Å²) in [5.41, 5.74) is 0.612. The summed E-state index contributed by atoms with van der Waals surface area (Å²) in [4.78, 5) is 26.5. The van der Waals surface area contributed by atoms with Crippen LogP contribution in [-0.2, 0) is 42.2 Å². The van der Waals surface area contributed by atoms with Crippen molar-refractivity contribution in [1.29, 1.82) is 0 Å². The monoisotopic (exact) mass is 568 g/mol. The van der Waals surface area contributed by atoms with Crippen LogP contribution in [0.2, 0.25) is 0 Å². The molecule has 1 unspecified atom stereocenters. The lowest BCUT2D eigenvalue weighted by atomic mass is 9.88. The fraction of sp³-hybridized carbons (Fsp3) is 0.440. The van der Waals surface area contributed by atoms with Crippen LogP contribution in [0.3, 0.4) is 0 Å². The summed E-state index contributed by atoms with van der Waals surface area (Å²) in [5, 5.41) is 11.9. The zero-order valence-corrected chi connectivity index (χ0v) is 22.7. The second-order valence-corrected chi connectivity index (χ2v) is 10.9. The molecule has 2 heterocycles. The van der Waals surface area contributed by atoms with Crippen molar-refractivity contribution >= 4 is 40.0 Å². The first-order valence-corrected chi connectivity index (χ1v) is 13.8. The molecule has 1 aliphatic carbocycles. The van der Waals surface area contributed by atoms with Crippen molar-refractivity contribution in [2.24, 2.45) is 13.0 Å². The fourth-order valence-electron chi connectivity index (χ4n) is 4.06. The lowest BCUT2D eigenvalue weighted by molar-refractivity contribution is -0.137. The SMILES string of the molecule is CCOC(=O)c1c(NC(=O)CSc2nnc(COc3cccc(C(F)(F)F)c3)n2C)sc2c1CCC(C)C2.